The van der Waals surface area contributed by atoms with Crippen LogP contribution in [0.3, 0.4) is 0 Å². The van der Waals surface area contributed by atoms with Gasteiger partial charge < -0.3 is 0 Å². The number of hydrogen-bond acceptors (Lipinski definition) is 1. The van der Waals surface area contributed by atoms with E-state index in [-0.39, 0.29) is 5.41 Å². The van der Waals surface area contributed by atoms with Crippen molar-refractivity contribution in [3.8, 4) is 0 Å². The lowest BCUT2D eigenvalue weighted by atomic mass is 9.75. The molecule has 0 atom stereocenters. The molecule has 0 saturated carbocycles. The highest BCUT2D eigenvalue weighted by Gasteiger charge is 2.41. The van der Waals surface area contributed by atoms with Gasteiger partial charge in [-0.15, -0.1) is 0 Å². The summed E-state index contributed by atoms with van der Waals surface area (Å²) in [4.78, 5) is 12.0. The molecule has 0 heterocycles. The topological polar surface area (TPSA) is 17.1 Å². The Hall–Kier alpha value is -0.850. The quantitative estimate of drug-likeness (QED) is 0.652. The molecule has 0 amide bonds. The predicted octanol–water partition coefficient (Wildman–Crippen LogP) is 3.66. The SMILES string of the molecule is CCC(=O)C1(C)C(C)=C(C)C(C)=C1C. The number of carbonyl (C=O) groups is 1. The van der Waals surface area contributed by atoms with Crippen LogP contribution in [-0.2, 0) is 4.79 Å². The summed E-state index contributed by atoms with van der Waals surface area (Å²) in [6.45, 7) is 12.4. The highest BCUT2D eigenvalue weighted by molar-refractivity contribution is 5.92. The van der Waals surface area contributed by atoms with Crippen molar-refractivity contribution < 1.29 is 4.79 Å². The minimum Gasteiger partial charge on any atom is -0.298 e. The predicted molar refractivity (Wildman–Crippen MR) is 60.2 cm³/mol. The second-order valence-corrected chi connectivity index (χ2v) is 4.40. The molecule has 0 bridgehead atoms. The van der Waals surface area contributed by atoms with Crippen LogP contribution in [0.25, 0.3) is 0 Å². The molecule has 0 fully saturated rings. The van der Waals surface area contributed by atoms with Crippen LogP contribution in [-0.4, -0.2) is 5.78 Å². The van der Waals surface area contributed by atoms with E-state index in [2.05, 4.69) is 34.6 Å². The first-order valence-electron chi connectivity index (χ1n) is 5.26. The van der Waals surface area contributed by atoms with Crippen LogP contribution >= 0.6 is 0 Å². The highest BCUT2D eigenvalue weighted by atomic mass is 16.1. The van der Waals surface area contributed by atoms with Gasteiger partial charge in [-0.2, -0.15) is 0 Å². The van der Waals surface area contributed by atoms with Crippen molar-refractivity contribution in [3.63, 3.8) is 0 Å². The Morgan fingerprint density at radius 1 is 1.07 bits per heavy atom. The second-order valence-electron chi connectivity index (χ2n) is 4.40. The summed E-state index contributed by atoms with van der Waals surface area (Å²) >= 11 is 0. The fourth-order valence-electron chi connectivity index (χ4n) is 2.37. The lowest BCUT2D eigenvalue weighted by Crippen LogP contribution is -2.28. The molecule has 1 rings (SSSR count). The standard InChI is InChI=1S/C13H20O/c1-7-12(14)13(6)10(4)8(2)9(3)11(13)5/h7H2,1-6H3. The van der Waals surface area contributed by atoms with Gasteiger partial charge in [0, 0.05) is 6.42 Å². The van der Waals surface area contributed by atoms with Gasteiger partial charge in [0.05, 0.1) is 5.41 Å². The summed E-state index contributed by atoms with van der Waals surface area (Å²) in [5.74, 6) is 0.337. The van der Waals surface area contributed by atoms with Gasteiger partial charge in [0.25, 0.3) is 0 Å². The number of ketones is 1. The largest absolute Gasteiger partial charge is 0.298 e. The third-order valence-electron chi connectivity index (χ3n) is 4.07. The average Bonchev–Trinajstić information content (AvgIpc) is 2.34. The van der Waals surface area contributed by atoms with Gasteiger partial charge >= 0.3 is 0 Å². The van der Waals surface area contributed by atoms with Crippen molar-refractivity contribution >= 4 is 5.78 Å². The lowest BCUT2D eigenvalue weighted by Gasteiger charge is -2.27. The molecule has 1 aliphatic rings. The summed E-state index contributed by atoms with van der Waals surface area (Å²) in [5.41, 5.74) is 4.75. The molecule has 0 radical (unpaired) electrons. The molecule has 0 aromatic rings. The Bertz CT molecular complexity index is 318. The molecular formula is C13H20O. The van der Waals surface area contributed by atoms with Crippen LogP contribution in [0.5, 0.6) is 0 Å². The molecular weight excluding hydrogens is 172 g/mol. The van der Waals surface area contributed by atoms with E-state index >= 15 is 0 Å². The Kier molecular flexibility index (Phi) is 2.71. The smallest absolute Gasteiger partial charge is 0.146 e. The molecule has 14 heavy (non-hydrogen) atoms. The molecule has 0 unspecified atom stereocenters. The van der Waals surface area contributed by atoms with Crippen molar-refractivity contribution in [2.24, 2.45) is 5.41 Å². The van der Waals surface area contributed by atoms with Crippen LogP contribution in [0.1, 0.15) is 48.0 Å². The fourth-order valence-corrected chi connectivity index (χ4v) is 2.37. The molecule has 0 aliphatic heterocycles. The van der Waals surface area contributed by atoms with E-state index in [0.717, 1.165) is 0 Å². The first-order chi connectivity index (χ1) is 6.37. The molecule has 0 aromatic heterocycles. The second kappa shape index (κ2) is 3.38. The fraction of sp³-hybridized carbons (Fsp3) is 0.615. The summed E-state index contributed by atoms with van der Waals surface area (Å²) in [7, 11) is 0. The summed E-state index contributed by atoms with van der Waals surface area (Å²) in [6.07, 6.45) is 0.617. The van der Waals surface area contributed by atoms with Gasteiger partial charge in [-0.25, -0.2) is 0 Å². The van der Waals surface area contributed by atoms with Crippen LogP contribution in [0.4, 0.5) is 0 Å². The lowest BCUT2D eigenvalue weighted by molar-refractivity contribution is -0.124. The van der Waals surface area contributed by atoms with Gasteiger partial charge in [-0.3, -0.25) is 4.79 Å². The molecule has 0 N–H and O–H groups in total. The van der Waals surface area contributed by atoms with E-state index in [9.17, 15) is 4.79 Å². The normalized spacial score (nSPS) is 20.7. The number of allylic oxidation sites excluding steroid dienone is 4. The third-order valence-corrected chi connectivity index (χ3v) is 4.07. The van der Waals surface area contributed by atoms with E-state index in [1.807, 2.05) is 6.92 Å². The first kappa shape index (κ1) is 11.2. The molecule has 1 heteroatoms. The van der Waals surface area contributed by atoms with Gasteiger partial charge in [-0.05, 0) is 45.8 Å². The zero-order valence-corrected chi connectivity index (χ0v) is 10.1. The van der Waals surface area contributed by atoms with Crippen molar-refractivity contribution in [3.05, 3.63) is 22.3 Å². The number of carbonyl (C=O) groups excluding carboxylic acids is 1. The molecule has 1 aliphatic carbocycles. The van der Waals surface area contributed by atoms with Crippen LogP contribution in [0.15, 0.2) is 22.3 Å². The Morgan fingerprint density at radius 2 is 1.43 bits per heavy atom. The van der Waals surface area contributed by atoms with Crippen molar-refractivity contribution in [2.75, 3.05) is 0 Å². The van der Waals surface area contributed by atoms with Crippen molar-refractivity contribution in [2.45, 2.75) is 48.0 Å². The number of Topliss-reactive ketones (excluding diaryl/α,β-unsaturated/α-hetero) is 1. The van der Waals surface area contributed by atoms with Crippen molar-refractivity contribution in [1.29, 1.82) is 0 Å². The summed E-state index contributed by atoms with van der Waals surface area (Å²) < 4.78 is 0. The van der Waals surface area contributed by atoms with E-state index in [1.165, 1.54) is 22.3 Å². The zero-order chi connectivity index (χ0) is 11.1. The monoisotopic (exact) mass is 192 g/mol. The molecule has 0 saturated heterocycles. The van der Waals surface area contributed by atoms with Gasteiger partial charge in [0.2, 0.25) is 0 Å². The maximum Gasteiger partial charge on any atom is 0.146 e. The number of rotatable bonds is 2. The molecule has 1 nitrogen and oxygen atoms in total. The first-order valence-corrected chi connectivity index (χ1v) is 5.26. The third kappa shape index (κ3) is 1.18. The van der Waals surface area contributed by atoms with Gasteiger partial charge in [0.1, 0.15) is 5.78 Å². The van der Waals surface area contributed by atoms with E-state index in [0.29, 0.717) is 12.2 Å². The van der Waals surface area contributed by atoms with E-state index in [1.54, 1.807) is 0 Å². The Labute approximate surface area is 86.9 Å². The van der Waals surface area contributed by atoms with Crippen LogP contribution < -0.4 is 0 Å². The summed E-state index contributed by atoms with van der Waals surface area (Å²) in [6, 6.07) is 0. The summed E-state index contributed by atoms with van der Waals surface area (Å²) in [5, 5.41) is 0. The average molecular weight is 192 g/mol. The Morgan fingerprint density at radius 3 is 1.71 bits per heavy atom. The number of hydrogen-bond donors (Lipinski definition) is 0. The minimum atomic E-state index is -0.317. The Balaban J connectivity index is 3.33. The van der Waals surface area contributed by atoms with Gasteiger partial charge in [0.15, 0.2) is 0 Å². The minimum absolute atomic E-state index is 0.317. The van der Waals surface area contributed by atoms with Crippen molar-refractivity contribution in [1.82, 2.24) is 0 Å². The molecule has 78 valence electrons. The van der Waals surface area contributed by atoms with E-state index in [4.69, 9.17) is 0 Å². The maximum atomic E-state index is 12.0. The van der Waals surface area contributed by atoms with Crippen LogP contribution in [0, 0.1) is 5.41 Å². The maximum absolute atomic E-state index is 12.0. The highest BCUT2D eigenvalue weighted by Crippen LogP contribution is 2.47. The molecule has 0 aromatic carbocycles. The van der Waals surface area contributed by atoms with Gasteiger partial charge in [-0.1, -0.05) is 18.1 Å². The van der Waals surface area contributed by atoms with E-state index < -0.39 is 0 Å². The zero-order valence-electron chi connectivity index (χ0n) is 10.1. The van der Waals surface area contributed by atoms with Crippen LogP contribution in [0.2, 0.25) is 0 Å². The molecule has 0 spiro atoms.